The summed E-state index contributed by atoms with van der Waals surface area (Å²) in [7, 11) is 0. The van der Waals surface area contributed by atoms with Crippen LogP contribution in [0, 0.1) is 0 Å². The molecule has 0 fully saturated rings. The van der Waals surface area contributed by atoms with Crippen LogP contribution in [0.2, 0.25) is 0 Å². The van der Waals surface area contributed by atoms with E-state index in [1.807, 2.05) is 12.1 Å². The van der Waals surface area contributed by atoms with Gasteiger partial charge in [0.15, 0.2) is 0 Å². The standard InChI is InChI=1S/C13H13N3O/c14-13-10-4-2-1-3-9(10)7-11(13)17-12-8-15-5-6-16-12/h1-6,8,11,13H,7,14H2. The van der Waals surface area contributed by atoms with E-state index in [0.29, 0.717) is 5.88 Å². The van der Waals surface area contributed by atoms with E-state index in [1.165, 1.54) is 11.1 Å². The SMILES string of the molecule is NC1c2ccccc2CC1Oc1cnccn1. The Kier molecular flexibility index (Phi) is 2.49. The lowest BCUT2D eigenvalue weighted by atomic mass is 10.1. The molecular weight excluding hydrogens is 214 g/mol. The fourth-order valence-corrected chi connectivity index (χ4v) is 2.21. The number of nitrogens with zero attached hydrogens (tertiary/aromatic N) is 2. The smallest absolute Gasteiger partial charge is 0.232 e. The molecule has 1 heterocycles. The summed E-state index contributed by atoms with van der Waals surface area (Å²) in [5.41, 5.74) is 8.59. The second-order valence-electron chi connectivity index (χ2n) is 4.13. The van der Waals surface area contributed by atoms with E-state index in [1.54, 1.807) is 18.6 Å². The van der Waals surface area contributed by atoms with E-state index in [-0.39, 0.29) is 12.1 Å². The molecule has 0 saturated heterocycles. The van der Waals surface area contributed by atoms with Crippen LogP contribution in [-0.4, -0.2) is 16.1 Å². The molecule has 4 nitrogen and oxygen atoms in total. The van der Waals surface area contributed by atoms with Gasteiger partial charge in [-0.1, -0.05) is 24.3 Å². The first kappa shape index (κ1) is 10.2. The Labute approximate surface area is 99.5 Å². The van der Waals surface area contributed by atoms with Crippen molar-refractivity contribution in [2.24, 2.45) is 5.73 Å². The molecule has 2 unspecified atom stereocenters. The predicted octanol–water partition coefficient (Wildman–Crippen LogP) is 1.48. The van der Waals surface area contributed by atoms with Gasteiger partial charge < -0.3 is 10.5 Å². The molecule has 1 aromatic heterocycles. The van der Waals surface area contributed by atoms with Crippen molar-refractivity contribution in [2.75, 3.05) is 0 Å². The zero-order valence-corrected chi connectivity index (χ0v) is 9.28. The number of fused-ring (bicyclic) bond motifs is 1. The first-order valence-electron chi connectivity index (χ1n) is 5.60. The molecule has 0 aliphatic heterocycles. The van der Waals surface area contributed by atoms with Crippen molar-refractivity contribution in [1.29, 1.82) is 0 Å². The molecule has 3 rings (SSSR count). The molecule has 4 heteroatoms. The fourth-order valence-electron chi connectivity index (χ4n) is 2.21. The minimum Gasteiger partial charge on any atom is -0.471 e. The number of benzene rings is 1. The van der Waals surface area contributed by atoms with Crippen molar-refractivity contribution in [2.45, 2.75) is 18.6 Å². The Morgan fingerprint density at radius 2 is 2.12 bits per heavy atom. The first-order valence-corrected chi connectivity index (χ1v) is 5.60. The normalized spacial score (nSPS) is 22.2. The van der Waals surface area contributed by atoms with Gasteiger partial charge in [-0.25, -0.2) is 4.98 Å². The van der Waals surface area contributed by atoms with Crippen molar-refractivity contribution in [3.63, 3.8) is 0 Å². The Morgan fingerprint density at radius 3 is 2.88 bits per heavy atom. The summed E-state index contributed by atoms with van der Waals surface area (Å²) in [6, 6.07) is 8.09. The number of ether oxygens (including phenoxy) is 1. The van der Waals surface area contributed by atoms with Gasteiger partial charge in [0, 0.05) is 18.8 Å². The average molecular weight is 227 g/mol. The van der Waals surface area contributed by atoms with Gasteiger partial charge in [0.2, 0.25) is 5.88 Å². The highest BCUT2D eigenvalue weighted by atomic mass is 16.5. The Morgan fingerprint density at radius 1 is 1.24 bits per heavy atom. The predicted molar refractivity (Wildman–Crippen MR) is 63.5 cm³/mol. The zero-order valence-electron chi connectivity index (χ0n) is 9.28. The minimum absolute atomic E-state index is 0.0518. The van der Waals surface area contributed by atoms with Crippen LogP contribution < -0.4 is 10.5 Å². The van der Waals surface area contributed by atoms with Crippen LogP contribution in [0.25, 0.3) is 0 Å². The molecule has 17 heavy (non-hydrogen) atoms. The highest BCUT2D eigenvalue weighted by molar-refractivity contribution is 5.36. The average Bonchev–Trinajstić information content (AvgIpc) is 2.68. The van der Waals surface area contributed by atoms with Crippen molar-refractivity contribution in [1.82, 2.24) is 9.97 Å². The van der Waals surface area contributed by atoms with Crippen LogP contribution in [0.3, 0.4) is 0 Å². The molecule has 0 saturated carbocycles. The van der Waals surface area contributed by atoms with E-state index in [4.69, 9.17) is 10.5 Å². The molecule has 1 aromatic carbocycles. The van der Waals surface area contributed by atoms with Gasteiger partial charge in [0.1, 0.15) is 6.10 Å². The quantitative estimate of drug-likeness (QED) is 0.844. The maximum absolute atomic E-state index is 6.17. The third kappa shape index (κ3) is 1.87. The van der Waals surface area contributed by atoms with Gasteiger partial charge in [-0.2, -0.15) is 0 Å². The summed E-state index contributed by atoms with van der Waals surface area (Å²) in [6.07, 6.45) is 5.62. The summed E-state index contributed by atoms with van der Waals surface area (Å²) < 4.78 is 5.77. The third-order valence-electron chi connectivity index (χ3n) is 3.05. The maximum Gasteiger partial charge on any atom is 0.232 e. The molecule has 0 amide bonds. The molecule has 0 radical (unpaired) electrons. The third-order valence-corrected chi connectivity index (χ3v) is 3.05. The van der Waals surface area contributed by atoms with Gasteiger partial charge in [0.25, 0.3) is 0 Å². The highest BCUT2D eigenvalue weighted by Crippen LogP contribution is 2.31. The topological polar surface area (TPSA) is 61.0 Å². The van der Waals surface area contributed by atoms with Crippen molar-refractivity contribution in [3.8, 4) is 5.88 Å². The van der Waals surface area contributed by atoms with E-state index in [0.717, 1.165) is 6.42 Å². The molecule has 0 spiro atoms. The second-order valence-corrected chi connectivity index (χ2v) is 4.13. The molecule has 86 valence electrons. The van der Waals surface area contributed by atoms with E-state index < -0.39 is 0 Å². The Hall–Kier alpha value is -1.94. The maximum atomic E-state index is 6.17. The van der Waals surface area contributed by atoms with Crippen LogP contribution >= 0.6 is 0 Å². The first-order chi connectivity index (χ1) is 8.34. The molecule has 2 aromatic rings. The highest BCUT2D eigenvalue weighted by Gasteiger charge is 2.31. The molecule has 1 aliphatic carbocycles. The van der Waals surface area contributed by atoms with Gasteiger partial charge >= 0.3 is 0 Å². The number of rotatable bonds is 2. The van der Waals surface area contributed by atoms with Crippen LogP contribution in [0.1, 0.15) is 17.2 Å². The van der Waals surface area contributed by atoms with E-state index in [9.17, 15) is 0 Å². The Balaban J connectivity index is 1.81. The summed E-state index contributed by atoms with van der Waals surface area (Å²) >= 11 is 0. The van der Waals surface area contributed by atoms with Crippen molar-refractivity contribution < 1.29 is 4.74 Å². The number of hydrogen-bond donors (Lipinski definition) is 1. The van der Waals surface area contributed by atoms with Gasteiger partial charge in [0.05, 0.1) is 12.2 Å². The molecule has 1 aliphatic rings. The monoisotopic (exact) mass is 227 g/mol. The molecular formula is C13H13N3O. The lowest BCUT2D eigenvalue weighted by Gasteiger charge is -2.17. The van der Waals surface area contributed by atoms with Crippen molar-refractivity contribution in [3.05, 3.63) is 54.0 Å². The zero-order chi connectivity index (χ0) is 11.7. The van der Waals surface area contributed by atoms with E-state index in [2.05, 4.69) is 22.1 Å². The minimum atomic E-state index is -0.0896. The van der Waals surface area contributed by atoms with E-state index >= 15 is 0 Å². The Bertz CT molecular complexity index is 515. The summed E-state index contributed by atoms with van der Waals surface area (Å²) in [4.78, 5) is 8.07. The lowest BCUT2D eigenvalue weighted by Crippen LogP contribution is -2.28. The fraction of sp³-hybridized carbons (Fsp3) is 0.231. The summed E-state index contributed by atoms with van der Waals surface area (Å²) in [6.45, 7) is 0. The van der Waals surface area contributed by atoms with Gasteiger partial charge in [-0.3, -0.25) is 4.98 Å². The summed E-state index contributed by atoms with van der Waals surface area (Å²) in [5, 5.41) is 0. The van der Waals surface area contributed by atoms with Crippen LogP contribution in [0.4, 0.5) is 0 Å². The number of hydrogen-bond acceptors (Lipinski definition) is 4. The summed E-state index contributed by atoms with van der Waals surface area (Å²) in [5.74, 6) is 0.528. The van der Waals surface area contributed by atoms with Gasteiger partial charge in [-0.15, -0.1) is 0 Å². The van der Waals surface area contributed by atoms with Crippen LogP contribution in [0.15, 0.2) is 42.9 Å². The molecule has 0 bridgehead atoms. The number of nitrogens with two attached hydrogens (primary N) is 1. The van der Waals surface area contributed by atoms with Crippen LogP contribution in [-0.2, 0) is 6.42 Å². The molecule has 2 N–H and O–H groups in total. The van der Waals surface area contributed by atoms with Crippen LogP contribution in [0.5, 0.6) is 5.88 Å². The second kappa shape index (κ2) is 4.14. The number of aromatic nitrogens is 2. The largest absolute Gasteiger partial charge is 0.471 e. The lowest BCUT2D eigenvalue weighted by molar-refractivity contribution is 0.176. The van der Waals surface area contributed by atoms with Gasteiger partial charge in [-0.05, 0) is 11.1 Å². The molecule has 2 atom stereocenters. The van der Waals surface area contributed by atoms with Crippen molar-refractivity contribution >= 4 is 0 Å².